The van der Waals surface area contributed by atoms with Gasteiger partial charge in [-0.1, -0.05) is 0 Å². The molecule has 0 bridgehead atoms. The average molecular weight is 526 g/mol. The molecule has 7 rings (SSSR count). The van der Waals surface area contributed by atoms with E-state index in [-0.39, 0.29) is 5.82 Å². The third kappa shape index (κ3) is 4.88. The van der Waals surface area contributed by atoms with Gasteiger partial charge in [-0.3, -0.25) is 15.0 Å². The summed E-state index contributed by atoms with van der Waals surface area (Å²) >= 11 is 0. The fraction of sp³-hybridized carbons (Fsp3) is 0.367. The zero-order valence-corrected chi connectivity index (χ0v) is 21.8. The van der Waals surface area contributed by atoms with Gasteiger partial charge in [0.1, 0.15) is 29.4 Å². The number of nitrogens with one attached hydrogen (secondary N) is 3. The first-order chi connectivity index (χ1) is 19.2. The summed E-state index contributed by atoms with van der Waals surface area (Å²) < 4.78 is 20.7. The molecular weight excluding hydrogens is 493 g/mol. The van der Waals surface area contributed by atoms with E-state index in [1.54, 1.807) is 12.4 Å². The van der Waals surface area contributed by atoms with Crippen LogP contribution in [-0.2, 0) is 0 Å². The minimum Gasteiger partial charge on any atom is -0.492 e. The van der Waals surface area contributed by atoms with Gasteiger partial charge in [0, 0.05) is 41.4 Å². The summed E-state index contributed by atoms with van der Waals surface area (Å²) in [4.78, 5) is 15.3. The lowest BCUT2D eigenvalue weighted by Crippen LogP contribution is -2.27. The highest BCUT2D eigenvalue weighted by Crippen LogP contribution is 2.35. The Labute approximate surface area is 226 Å². The quantitative estimate of drug-likeness (QED) is 0.269. The first kappa shape index (κ1) is 24.2. The molecule has 9 heteroatoms. The van der Waals surface area contributed by atoms with E-state index in [1.165, 1.54) is 25.0 Å². The van der Waals surface area contributed by atoms with E-state index >= 15 is 0 Å². The fourth-order valence-corrected chi connectivity index (χ4v) is 5.96. The van der Waals surface area contributed by atoms with Crippen molar-refractivity contribution in [1.82, 2.24) is 35.4 Å². The van der Waals surface area contributed by atoms with E-state index in [4.69, 9.17) is 9.72 Å². The summed E-state index contributed by atoms with van der Waals surface area (Å²) in [7, 11) is 0. The maximum absolute atomic E-state index is 14.7. The van der Waals surface area contributed by atoms with Crippen LogP contribution in [-0.4, -0.2) is 69.4 Å². The largest absolute Gasteiger partial charge is 0.492 e. The summed E-state index contributed by atoms with van der Waals surface area (Å²) in [6, 6.07) is 11.1. The summed E-state index contributed by atoms with van der Waals surface area (Å²) in [5, 5.41) is 12.1. The molecule has 3 N–H and O–H groups in total. The SMILES string of the molecule is Fc1cc(OCCN2CCCC2)cc(-c2cncc3[nH]c(-c4n[nH]c5ccc(C6CCNCC6)nc45)cc23)c1. The van der Waals surface area contributed by atoms with Crippen LogP contribution in [0.2, 0.25) is 0 Å². The maximum Gasteiger partial charge on any atom is 0.135 e. The number of piperidine rings is 1. The van der Waals surface area contributed by atoms with Crippen molar-refractivity contribution < 1.29 is 9.13 Å². The van der Waals surface area contributed by atoms with Crippen molar-refractivity contribution in [3.63, 3.8) is 0 Å². The highest BCUT2D eigenvalue weighted by Gasteiger charge is 2.20. The Hall–Kier alpha value is -3.82. The summed E-state index contributed by atoms with van der Waals surface area (Å²) in [6.07, 6.45) is 8.22. The molecule has 0 radical (unpaired) electrons. The highest BCUT2D eigenvalue weighted by atomic mass is 19.1. The molecule has 4 aromatic heterocycles. The molecule has 8 nitrogen and oxygen atoms in total. The molecule has 0 amide bonds. The van der Waals surface area contributed by atoms with Crippen LogP contribution in [0.15, 0.2) is 48.8 Å². The van der Waals surface area contributed by atoms with Gasteiger partial charge in [0.15, 0.2) is 0 Å². The van der Waals surface area contributed by atoms with Crippen LogP contribution in [0.25, 0.3) is 44.5 Å². The first-order valence-corrected chi connectivity index (χ1v) is 13.9. The van der Waals surface area contributed by atoms with Crippen molar-refractivity contribution >= 4 is 21.9 Å². The van der Waals surface area contributed by atoms with Gasteiger partial charge in [-0.15, -0.1) is 0 Å². The number of halogens is 1. The van der Waals surface area contributed by atoms with Crippen molar-refractivity contribution in [3.05, 3.63) is 60.3 Å². The average Bonchev–Trinajstić information content (AvgIpc) is 3.72. The van der Waals surface area contributed by atoms with Crippen LogP contribution in [0.5, 0.6) is 5.75 Å². The number of hydrogen-bond acceptors (Lipinski definition) is 6. The fourth-order valence-electron chi connectivity index (χ4n) is 5.96. The molecule has 1 aromatic carbocycles. The van der Waals surface area contributed by atoms with E-state index in [9.17, 15) is 4.39 Å². The molecule has 39 heavy (non-hydrogen) atoms. The van der Waals surface area contributed by atoms with E-state index < -0.39 is 0 Å². The highest BCUT2D eigenvalue weighted by molar-refractivity contribution is 5.99. The van der Waals surface area contributed by atoms with E-state index in [0.29, 0.717) is 18.3 Å². The van der Waals surface area contributed by atoms with Crippen LogP contribution in [0.1, 0.15) is 37.3 Å². The number of rotatable bonds is 7. The number of H-pyrrole nitrogens is 2. The smallest absolute Gasteiger partial charge is 0.135 e. The molecule has 0 atom stereocenters. The normalized spacial score (nSPS) is 16.9. The molecule has 0 spiro atoms. The van der Waals surface area contributed by atoms with Gasteiger partial charge in [0.2, 0.25) is 0 Å². The molecule has 5 aromatic rings. The van der Waals surface area contributed by atoms with E-state index in [0.717, 1.165) is 95.7 Å². The van der Waals surface area contributed by atoms with E-state index in [2.05, 4.69) is 48.6 Å². The summed E-state index contributed by atoms with van der Waals surface area (Å²) in [5.74, 6) is 0.658. The minimum atomic E-state index is -0.329. The summed E-state index contributed by atoms with van der Waals surface area (Å²) in [6.45, 7) is 5.66. The Morgan fingerprint density at radius 2 is 1.87 bits per heavy atom. The zero-order chi connectivity index (χ0) is 26.2. The number of benzene rings is 1. The number of aromatic nitrogens is 5. The second-order valence-electron chi connectivity index (χ2n) is 10.6. The van der Waals surface area contributed by atoms with Gasteiger partial charge in [0.05, 0.1) is 22.9 Å². The predicted molar refractivity (Wildman–Crippen MR) is 150 cm³/mol. The Balaban J connectivity index is 1.20. The van der Waals surface area contributed by atoms with Gasteiger partial charge < -0.3 is 15.0 Å². The minimum absolute atomic E-state index is 0.329. The molecule has 0 saturated carbocycles. The topological polar surface area (TPSA) is 94.8 Å². The molecule has 200 valence electrons. The molecule has 2 aliphatic rings. The molecule has 2 fully saturated rings. The first-order valence-electron chi connectivity index (χ1n) is 13.9. The van der Waals surface area contributed by atoms with Crippen molar-refractivity contribution in [2.45, 2.75) is 31.6 Å². The van der Waals surface area contributed by atoms with Crippen molar-refractivity contribution in [1.29, 1.82) is 0 Å². The van der Waals surface area contributed by atoms with Gasteiger partial charge in [-0.25, -0.2) is 9.37 Å². The van der Waals surface area contributed by atoms with Crippen LogP contribution in [0.4, 0.5) is 4.39 Å². The number of aromatic amines is 2. The number of fused-ring (bicyclic) bond motifs is 2. The Morgan fingerprint density at radius 3 is 2.74 bits per heavy atom. The predicted octanol–water partition coefficient (Wildman–Crippen LogP) is 5.25. The number of nitrogens with zero attached hydrogens (tertiary/aromatic N) is 4. The molecule has 2 aliphatic heterocycles. The maximum atomic E-state index is 14.7. The van der Waals surface area contributed by atoms with Crippen molar-refractivity contribution in [2.24, 2.45) is 0 Å². The third-order valence-electron chi connectivity index (χ3n) is 8.04. The van der Waals surface area contributed by atoms with Crippen LogP contribution in [0, 0.1) is 5.82 Å². The Kier molecular flexibility index (Phi) is 6.46. The van der Waals surface area contributed by atoms with Gasteiger partial charge >= 0.3 is 0 Å². The molecular formula is C30H32FN7O. The lowest BCUT2D eigenvalue weighted by atomic mass is 9.94. The van der Waals surface area contributed by atoms with Gasteiger partial charge in [-0.2, -0.15) is 5.10 Å². The van der Waals surface area contributed by atoms with Crippen LogP contribution >= 0.6 is 0 Å². The lowest BCUT2D eigenvalue weighted by molar-refractivity contribution is 0.237. The number of likely N-dealkylation sites (tertiary alicyclic amines) is 1. The molecule has 0 aliphatic carbocycles. The molecule has 2 saturated heterocycles. The van der Waals surface area contributed by atoms with Gasteiger partial charge in [-0.05, 0) is 87.8 Å². The monoisotopic (exact) mass is 525 g/mol. The van der Waals surface area contributed by atoms with Crippen molar-refractivity contribution in [3.8, 4) is 28.3 Å². The number of ether oxygens (including phenoxy) is 1. The summed E-state index contributed by atoms with van der Waals surface area (Å²) in [5.41, 5.74) is 6.91. The third-order valence-corrected chi connectivity index (χ3v) is 8.04. The van der Waals surface area contributed by atoms with E-state index in [1.807, 2.05) is 6.07 Å². The number of hydrogen-bond donors (Lipinski definition) is 3. The Bertz CT molecular complexity index is 1610. The Morgan fingerprint density at radius 1 is 1.00 bits per heavy atom. The van der Waals surface area contributed by atoms with Crippen LogP contribution in [0.3, 0.4) is 0 Å². The van der Waals surface area contributed by atoms with Gasteiger partial charge in [0.25, 0.3) is 0 Å². The van der Waals surface area contributed by atoms with Crippen molar-refractivity contribution in [2.75, 3.05) is 39.3 Å². The molecule has 6 heterocycles. The molecule has 0 unspecified atom stereocenters. The number of pyridine rings is 2. The second-order valence-corrected chi connectivity index (χ2v) is 10.6. The lowest BCUT2D eigenvalue weighted by Gasteiger charge is -2.22. The zero-order valence-electron chi connectivity index (χ0n) is 21.8. The second kappa shape index (κ2) is 10.4. The standard InChI is InChI=1S/C30H32FN7O/c31-21-13-20(14-22(15-21)39-12-11-38-9-1-2-10-38)24-17-33-18-28-23(24)16-27(34-28)30-29-26(36-37-30)4-3-25(35-29)19-5-7-32-8-6-19/h3-4,13-19,32,34H,1-2,5-12H2,(H,36,37). The van der Waals surface area contributed by atoms with Crippen LogP contribution < -0.4 is 10.1 Å².